The summed E-state index contributed by atoms with van der Waals surface area (Å²) in [5.74, 6) is 0.243. The number of benzene rings is 1. The second-order valence-corrected chi connectivity index (χ2v) is 6.76. The number of nitrogens with two attached hydrogens (primary N) is 1. The third-order valence-electron chi connectivity index (χ3n) is 3.39. The van der Waals surface area contributed by atoms with Crippen LogP contribution in [0, 0.1) is 5.92 Å². The highest BCUT2D eigenvalue weighted by Crippen LogP contribution is 2.26. The lowest BCUT2D eigenvalue weighted by atomic mass is 10.1. The summed E-state index contributed by atoms with van der Waals surface area (Å²) in [4.78, 5) is 0.245. The lowest BCUT2D eigenvalue weighted by molar-refractivity contribution is 0.453. The van der Waals surface area contributed by atoms with Crippen LogP contribution in [0.25, 0.3) is 0 Å². The molecule has 1 aromatic carbocycles. The van der Waals surface area contributed by atoms with Gasteiger partial charge in [0, 0.05) is 11.1 Å². The molecule has 7 heteroatoms. The molecule has 0 aliphatic heterocycles. The van der Waals surface area contributed by atoms with Crippen LogP contribution in [-0.2, 0) is 10.0 Å². The first kappa shape index (κ1) is 16.7. The largest absolute Gasteiger partial charge is 0.330 e. The Balaban J connectivity index is 0.00000180. The molecule has 0 heterocycles. The van der Waals surface area contributed by atoms with Gasteiger partial charge in [-0.1, -0.05) is 18.0 Å². The van der Waals surface area contributed by atoms with Gasteiger partial charge in [-0.25, -0.2) is 13.1 Å². The van der Waals surface area contributed by atoms with E-state index in [1.807, 2.05) is 0 Å². The van der Waals surface area contributed by atoms with Gasteiger partial charge in [-0.3, -0.25) is 0 Å². The summed E-state index contributed by atoms with van der Waals surface area (Å²) in [5.41, 5.74) is 5.65. The first-order valence-corrected chi connectivity index (χ1v) is 7.87. The molecule has 0 amide bonds. The van der Waals surface area contributed by atoms with Gasteiger partial charge < -0.3 is 5.73 Å². The van der Waals surface area contributed by atoms with Crippen LogP contribution in [0.5, 0.6) is 0 Å². The van der Waals surface area contributed by atoms with Crippen molar-refractivity contribution in [3.8, 4) is 0 Å². The van der Waals surface area contributed by atoms with E-state index in [1.165, 1.54) is 12.1 Å². The molecule has 4 nitrogen and oxygen atoms in total. The van der Waals surface area contributed by atoms with Gasteiger partial charge in [0.1, 0.15) is 0 Å². The predicted octanol–water partition coefficient (Wildman–Crippen LogP) is 2.17. The Labute approximate surface area is 125 Å². The fourth-order valence-corrected chi connectivity index (χ4v) is 3.82. The number of hydrogen-bond donors (Lipinski definition) is 2. The van der Waals surface area contributed by atoms with E-state index in [2.05, 4.69) is 4.72 Å². The number of halogens is 2. The van der Waals surface area contributed by atoms with Gasteiger partial charge in [0.25, 0.3) is 0 Å². The van der Waals surface area contributed by atoms with Crippen LogP contribution in [0.1, 0.15) is 19.3 Å². The van der Waals surface area contributed by atoms with Gasteiger partial charge in [-0.15, -0.1) is 12.4 Å². The standard InChI is InChI=1S/C12H17ClN2O2S.ClH/c13-10-4-6-11(7-5-10)18(16,17)15-12-3-1-2-9(12)8-14;/h4-7,9,12,15H,1-3,8,14H2;1H. The summed E-state index contributed by atoms with van der Waals surface area (Å²) in [6.45, 7) is 0.522. The maximum absolute atomic E-state index is 12.2. The van der Waals surface area contributed by atoms with E-state index >= 15 is 0 Å². The normalized spacial score (nSPS) is 23.1. The number of rotatable bonds is 4. The number of nitrogens with one attached hydrogen (secondary N) is 1. The van der Waals surface area contributed by atoms with Crippen LogP contribution in [0.2, 0.25) is 5.02 Å². The zero-order valence-corrected chi connectivity index (χ0v) is 12.8. The van der Waals surface area contributed by atoms with Gasteiger partial charge >= 0.3 is 0 Å². The summed E-state index contributed by atoms with van der Waals surface area (Å²) in [5, 5.41) is 0.523. The molecule has 1 aliphatic rings. The maximum Gasteiger partial charge on any atom is 0.240 e. The minimum atomic E-state index is -3.47. The molecule has 0 saturated heterocycles. The van der Waals surface area contributed by atoms with Crippen molar-refractivity contribution in [2.45, 2.75) is 30.2 Å². The third-order valence-corrected chi connectivity index (χ3v) is 5.15. The first-order chi connectivity index (χ1) is 8.53. The maximum atomic E-state index is 12.2. The number of sulfonamides is 1. The van der Waals surface area contributed by atoms with Crippen molar-refractivity contribution in [1.82, 2.24) is 4.72 Å². The van der Waals surface area contributed by atoms with Crippen LogP contribution in [-0.4, -0.2) is 21.0 Å². The average Bonchev–Trinajstić information content (AvgIpc) is 2.76. The molecule has 1 aromatic rings. The second-order valence-electron chi connectivity index (χ2n) is 4.61. The van der Waals surface area contributed by atoms with Crippen molar-refractivity contribution < 1.29 is 8.42 Å². The van der Waals surface area contributed by atoms with Crippen LogP contribution in [0.4, 0.5) is 0 Å². The fraction of sp³-hybridized carbons (Fsp3) is 0.500. The molecular formula is C12H18Cl2N2O2S. The van der Waals surface area contributed by atoms with Gasteiger partial charge in [0.2, 0.25) is 10.0 Å². The summed E-state index contributed by atoms with van der Waals surface area (Å²) in [7, 11) is -3.47. The molecule has 1 aliphatic carbocycles. The highest BCUT2D eigenvalue weighted by Gasteiger charge is 2.30. The summed E-state index contributed by atoms with van der Waals surface area (Å²) < 4.78 is 27.1. The Morgan fingerprint density at radius 1 is 1.26 bits per heavy atom. The topological polar surface area (TPSA) is 72.2 Å². The molecule has 2 rings (SSSR count). The molecule has 0 spiro atoms. The van der Waals surface area contributed by atoms with E-state index in [0.29, 0.717) is 11.6 Å². The quantitative estimate of drug-likeness (QED) is 0.891. The SMILES string of the molecule is Cl.NCC1CCCC1NS(=O)(=O)c1ccc(Cl)cc1. The molecule has 3 N–H and O–H groups in total. The molecule has 0 aromatic heterocycles. The van der Waals surface area contributed by atoms with E-state index in [-0.39, 0.29) is 29.3 Å². The van der Waals surface area contributed by atoms with E-state index in [4.69, 9.17) is 17.3 Å². The molecule has 1 saturated carbocycles. The highest BCUT2D eigenvalue weighted by atomic mass is 35.5. The highest BCUT2D eigenvalue weighted by molar-refractivity contribution is 7.89. The zero-order chi connectivity index (χ0) is 13.2. The molecule has 2 atom stereocenters. The van der Waals surface area contributed by atoms with Crippen LogP contribution in [0.3, 0.4) is 0 Å². The summed E-state index contributed by atoms with van der Waals surface area (Å²) >= 11 is 5.75. The number of hydrogen-bond acceptors (Lipinski definition) is 3. The second kappa shape index (κ2) is 6.90. The van der Waals surface area contributed by atoms with E-state index in [1.54, 1.807) is 12.1 Å². The zero-order valence-electron chi connectivity index (χ0n) is 10.4. The minimum Gasteiger partial charge on any atom is -0.330 e. The molecule has 2 unspecified atom stereocenters. The molecule has 1 fully saturated rings. The van der Waals surface area contributed by atoms with Crippen molar-refractivity contribution in [3.05, 3.63) is 29.3 Å². The van der Waals surface area contributed by atoms with Crippen molar-refractivity contribution in [2.24, 2.45) is 11.7 Å². The van der Waals surface area contributed by atoms with E-state index in [9.17, 15) is 8.42 Å². The molecule has 0 radical (unpaired) electrons. The van der Waals surface area contributed by atoms with E-state index in [0.717, 1.165) is 19.3 Å². The van der Waals surface area contributed by atoms with Crippen molar-refractivity contribution >= 4 is 34.0 Å². The van der Waals surface area contributed by atoms with Gasteiger partial charge in [-0.2, -0.15) is 0 Å². The minimum absolute atomic E-state index is 0. The Morgan fingerprint density at radius 3 is 2.47 bits per heavy atom. The monoisotopic (exact) mass is 324 g/mol. The molecule has 19 heavy (non-hydrogen) atoms. The van der Waals surface area contributed by atoms with Gasteiger partial charge in [-0.05, 0) is 49.6 Å². The Morgan fingerprint density at radius 2 is 1.89 bits per heavy atom. The molecular weight excluding hydrogens is 307 g/mol. The van der Waals surface area contributed by atoms with Crippen LogP contribution in [0.15, 0.2) is 29.2 Å². The van der Waals surface area contributed by atoms with Gasteiger partial charge in [0.15, 0.2) is 0 Å². The average molecular weight is 325 g/mol. The van der Waals surface area contributed by atoms with Crippen molar-refractivity contribution in [1.29, 1.82) is 0 Å². The van der Waals surface area contributed by atoms with Crippen LogP contribution < -0.4 is 10.5 Å². The van der Waals surface area contributed by atoms with E-state index < -0.39 is 10.0 Å². The van der Waals surface area contributed by atoms with Crippen LogP contribution >= 0.6 is 24.0 Å². The summed E-state index contributed by atoms with van der Waals surface area (Å²) in [6.07, 6.45) is 2.87. The first-order valence-electron chi connectivity index (χ1n) is 6.01. The van der Waals surface area contributed by atoms with Gasteiger partial charge in [0.05, 0.1) is 4.90 Å². The lowest BCUT2D eigenvalue weighted by Gasteiger charge is -2.19. The Hall–Kier alpha value is -0.330. The van der Waals surface area contributed by atoms with Crippen molar-refractivity contribution in [2.75, 3.05) is 6.54 Å². The smallest absolute Gasteiger partial charge is 0.240 e. The molecule has 0 bridgehead atoms. The molecule has 108 valence electrons. The summed E-state index contributed by atoms with van der Waals surface area (Å²) in [6, 6.07) is 6.13. The Kier molecular flexibility index (Phi) is 6.08. The fourth-order valence-electron chi connectivity index (χ4n) is 2.36. The predicted molar refractivity (Wildman–Crippen MR) is 79.2 cm³/mol. The van der Waals surface area contributed by atoms with Crippen molar-refractivity contribution in [3.63, 3.8) is 0 Å². The Bertz CT molecular complexity index is 505. The lowest BCUT2D eigenvalue weighted by Crippen LogP contribution is -2.39. The third kappa shape index (κ3) is 4.07.